The van der Waals surface area contributed by atoms with Crippen molar-refractivity contribution in [3.05, 3.63) is 78.1 Å². The van der Waals surface area contributed by atoms with Gasteiger partial charge in [0.15, 0.2) is 17.3 Å². The van der Waals surface area contributed by atoms with Crippen LogP contribution < -0.4 is 21.1 Å². The van der Waals surface area contributed by atoms with Gasteiger partial charge in [0.05, 0.1) is 30.3 Å². The van der Waals surface area contributed by atoms with Crippen LogP contribution in [0, 0.1) is 5.82 Å². The van der Waals surface area contributed by atoms with Gasteiger partial charge in [0.25, 0.3) is 5.91 Å². The van der Waals surface area contributed by atoms with Crippen molar-refractivity contribution in [2.24, 2.45) is 11.5 Å². The molecule has 1 aliphatic heterocycles. The molecule has 0 saturated carbocycles. The molecule has 0 radical (unpaired) electrons. The molecule has 14 heteroatoms. The highest BCUT2D eigenvalue weighted by Gasteiger charge is 2.44. The number of ether oxygens (including phenoxy) is 1. The normalized spacial score (nSPS) is 17.5. The summed E-state index contributed by atoms with van der Waals surface area (Å²) >= 11 is 0. The molecule has 0 spiro atoms. The number of hydrogen-bond donors (Lipinski definition) is 2. The third kappa shape index (κ3) is 5.55. The largest absolute Gasteiger partial charge is 0.454 e. The number of rotatable bonds is 7. The average molecular weight is 574 g/mol. The van der Waals surface area contributed by atoms with E-state index < -0.39 is 59.4 Å². The van der Waals surface area contributed by atoms with Crippen LogP contribution in [0.2, 0.25) is 0 Å². The molecule has 4 N–H and O–H groups in total. The Morgan fingerprint density at radius 3 is 2.51 bits per heavy atom. The maximum atomic E-state index is 15.5. The summed E-state index contributed by atoms with van der Waals surface area (Å²) in [5.74, 6) is -3.03. The Morgan fingerprint density at radius 1 is 1.07 bits per heavy atom. The predicted molar refractivity (Wildman–Crippen MR) is 139 cm³/mol. The molecule has 1 amide bonds. The molecule has 9 nitrogen and oxygen atoms in total. The molecule has 1 saturated heterocycles. The van der Waals surface area contributed by atoms with E-state index in [4.69, 9.17) is 16.2 Å². The second-order valence-electron chi connectivity index (χ2n) is 9.55. The Labute approximate surface area is 230 Å². The van der Waals surface area contributed by atoms with Crippen LogP contribution in [0.25, 0.3) is 16.8 Å². The topological polar surface area (TPSA) is 125 Å². The number of carbonyl (C=O) groups excluding carboxylic acids is 1. The van der Waals surface area contributed by atoms with Crippen molar-refractivity contribution in [2.45, 2.75) is 24.7 Å². The van der Waals surface area contributed by atoms with Crippen molar-refractivity contribution >= 4 is 11.6 Å². The fourth-order valence-corrected chi connectivity index (χ4v) is 4.87. The molecule has 1 aliphatic rings. The number of primary amides is 1. The van der Waals surface area contributed by atoms with Gasteiger partial charge in [0.1, 0.15) is 17.0 Å². The number of hydrogen-bond acceptors (Lipinski definition) is 7. The number of aromatic nitrogens is 4. The third-order valence-electron chi connectivity index (χ3n) is 6.76. The Kier molecular flexibility index (Phi) is 7.34. The predicted octanol–water partition coefficient (Wildman–Crippen LogP) is 4.65. The maximum absolute atomic E-state index is 15.5. The molecule has 5 rings (SSSR count). The minimum Gasteiger partial charge on any atom is -0.454 e. The summed E-state index contributed by atoms with van der Waals surface area (Å²) in [5, 5.41) is 11.6. The molecule has 0 aliphatic carbocycles. The SMILES string of the molecule is NC[C@]1(F)CCCN(c2c(-c3cn(-c4ccnnc4)nc3C(N)=O)ccc(Oc3ccccc3F)c2C(F)(F)F)C1. The van der Waals surface area contributed by atoms with Crippen molar-refractivity contribution in [3.8, 4) is 28.3 Å². The van der Waals surface area contributed by atoms with Gasteiger partial charge in [-0.1, -0.05) is 12.1 Å². The molecule has 0 bridgehead atoms. The summed E-state index contributed by atoms with van der Waals surface area (Å²) in [6.45, 7) is -0.832. The van der Waals surface area contributed by atoms with Gasteiger partial charge < -0.3 is 21.1 Å². The second-order valence-corrected chi connectivity index (χ2v) is 9.55. The Balaban J connectivity index is 1.78. The van der Waals surface area contributed by atoms with Crippen LogP contribution in [-0.2, 0) is 6.18 Å². The number of nitrogens with zero attached hydrogens (tertiary/aromatic N) is 5. The monoisotopic (exact) mass is 573 g/mol. The Bertz CT molecular complexity index is 1580. The van der Waals surface area contributed by atoms with Crippen LogP contribution in [0.5, 0.6) is 11.5 Å². The van der Waals surface area contributed by atoms with Gasteiger partial charge in [-0.3, -0.25) is 4.79 Å². The number of para-hydroxylation sites is 1. The molecule has 3 heterocycles. The van der Waals surface area contributed by atoms with Gasteiger partial charge in [0, 0.05) is 30.4 Å². The van der Waals surface area contributed by atoms with E-state index in [0.717, 1.165) is 12.1 Å². The summed E-state index contributed by atoms with van der Waals surface area (Å²) in [5.41, 5.74) is 7.38. The highest BCUT2D eigenvalue weighted by Crippen LogP contribution is 2.50. The Hall–Kier alpha value is -4.59. The van der Waals surface area contributed by atoms with Gasteiger partial charge in [-0.15, -0.1) is 0 Å². The number of carbonyl (C=O) groups is 1. The molecule has 1 atom stereocenters. The van der Waals surface area contributed by atoms with Gasteiger partial charge in [-0.25, -0.2) is 13.5 Å². The van der Waals surface area contributed by atoms with Crippen LogP contribution in [0.4, 0.5) is 27.6 Å². The van der Waals surface area contributed by atoms with Gasteiger partial charge in [-0.2, -0.15) is 28.5 Å². The Morgan fingerprint density at radius 2 is 1.85 bits per heavy atom. The van der Waals surface area contributed by atoms with E-state index in [1.54, 1.807) is 0 Å². The number of piperidine rings is 1. The first kappa shape index (κ1) is 28.0. The van der Waals surface area contributed by atoms with Crippen LogP contribution in [0.15, 0.2) is 61.1 Å². The smallest absolute Gasteiger partial charge is 0.422 e. The van der Waals surface area contributed by atoms with Crippen LogP contribution in [-0.4, -0.2) is 51.2 Å². The summed E-state index contributed by atoms with van der Waals surface area (Å²) in [6.07, 6.45) is -0.774. The lowest BCUT2D eigenvalue weighted by molar-refractivity contribution is -0.138. The lowest BCUT2D eigenvalue weighted by Crippen LogP contribution is -2.50. The lowest BCUT2D eigenvalue weighted by atomic mass is 9.91. The first-order valence-electron chi connectivity index (χ1n) is 12.5. The highest BCUT2D eigenvalue weighted by atomic mass is 19.4. The standard InChI is InChI=1S/C27H24F5N7O2/c28-19-4-1-2-5-20(19)41-21-7-6-17(18-13-39(37-23(18)25(34)40)16-8-10-35-36-12-16)24(22(21)27(30,31)32)38-11-3-9-26(29,14-33)15-38/h1-2,4-8,10,12-13H,3,9,11,14-15,33H2,(H2,34,40)/t26-/m1/s1. The molecule has 41 heavy (non-hydrogen) atoms. The van der Waals surface area contributed by atoms with Crippen LogP contribution in [0.3, 0.4) is 0 Å². The summed E-state index contributed by atoms with van der Waals surface area (Å²) in [6, 6.07) is 8.81. The van der Waals surface area contributed by atoms with Crippen molar-refractivity contribution in [1.29, 1.82) is 0 Å². The zero-order chi connectivity index (χ0) is 29.4. The average Bonchev–Trinajstić information content (AvgIpc) is 3.40. The summed E-state index contributed by atoms with van der Waals surface area (Å²) in [7, 11) is 0. The maximum Gasteiger partial charge on any atom is 0.422 e. The van der Waals surface area contributed by atoms with Gasteiger partial charge in [-0.05, 0) is 43.2 Å². The number of benzene rings is 2. The highest BCUT2D eigenvalue weighted by molar-refractivity contribution is 6.00. The van der Waals surface area contributed by atoms with E-state index in [-0.39, 0.29) is 36.2 Å². The fraction of sp³-hybridized carbons (Fsp3) is 0.259. The molecule has 214 valence electrons. The molecule has 2 aromatic carbocycles. The zero-order valence-corrected chi connectivity index (χ0v) is 21.4. The second kappa shape index (κ2) is 10.8. The van der Waals surface area contributed by atoms with Gasteiger partial charge >= 0.3 is 6.18 Å². The quantitative estimate of drug-likeness (QED) is 0.309. The van der Waals surface area contributed by atoms with E-state index in [1.165, 1.54) is 58.5 Å². The van der Waals surface area contributed by atoms with E-state index in [0.29, 0.717) is 5.69 Å². The van der Waals surface area contributed by atoms with Crippen LogP contribution in [0.1, 0.15) is 28.9 Å². The van der Waals surface area contributed by atoms with Crippen molar-refractivity contribution < 1.29 is 31.5 Å². The number of nitrogens with two attached hydrogens (primary N) is 2. The zero-order valence-electron chi connectivity index (χ0n) is 21.4. The summed E-state index contributed by atoms with van der Waals surface area (Å²) < 4.78 is 81.3. The molecule has 4 aromatic rings. The van der Waals surface area contributed by atoms with Crippen LogP contribution >= 0.6 is 0 Å². The minimum atomic E-state index is -5.05. The molecular weight excluding hydrogens is 549 g/mol. The lowest BCUT2D eigenvalue weighted by Gasteiger charge is -2.40. The number of amides is 1. The first-order chi connectivity index (χ1) is 19.5. The van der Waals surface area contributed by atoms with E-state index >= 15 is 4.39 Å². The van der Waals surface area contributed by atoms with E-state index in [2.05, 4.69) is 15.3 Å². The number of alkyl halides is 4. The molecule has 0 unspecified atom stereocenters. The number of anilines is 1. The van der Waals surface area contributed by atoms with Crippen molar-refractivity contribution in [3.63, 3.8) is 0 Å². The molecular formula is C27H24F5N7O2. The minimum absolute atomic E-state index is 0.0409. The van der Waals surface area contributed by atoms with Crippen molar-refractivity contribution in [2.75, 3.05) is 24.5 Å². The van der Waals surface area contributed by atoms with Gasteiger partial charge in [0.2, 0.25) is 0 Å². The van der Waals surface area contributed by atoms with Crippen molar-refractivity contribution in [1.82, 2.24) is 20.0 Å². The molecule has 1 fully saturated rings. The summed E-state index contributed by atoms with van der Waals surface area (Å²) in [4.78, 5) is 13.7. The first-order valence-corrected chi connectivity index (χ1v) is 12.5. The third-order valence-corrected chi connectivity index (χ3v) is 6.76. The van der Waals surface area contributed by atoms with E-state index in [9.17, 15) is 22.4 Å². The fourth-order valence-electron chi connectivity index (χ4n) is 4.87. The number of halogens is 5. The van der Waals surface area contributed by atoms with E-state index in [1.807, 2.05) is 0 Å². The molecule has 2 aromatic heterocycles.